The van der Waals surface area contributed by atoms with Gasteiger partial charge in [0.05, 0.1) is 19.1 Å². The molecule has 0 aliphatic carbocycles. The van der Waals surface area contributed by atoms with Gasteiger partial charge in [0.15, 0.2) is 5.78 Å². The lowest BCUT2D eigenvalue weighted by molar-refractivity contribution is -0.148. The summed E-state index contributed by atoms with van der Waals surface area (Å²) < 4.78 is 41.9. The van der Waals surface area contributed by atoms with Gasteiger partial charge in [-0.25, -0.2) is 4.79 Å². The number of anilines is 1. The fourth-order valence-corrected chi connectivity index (χ4v) is 5.12. The van der Waals surface area contributed by atoms with E-state index < -0.39 is 75.4 Å². The molecule has 0 aliphatic heterocycles. The number of nitrogens with two attached hydrogens (primary N) is 1. The third kappa shape index (κ3) is 19.1. The van der Waals surface area contributed by atoms with Crippen LogP contribution in [0.3, 0.4) is 0 Å². The van der Waals surface area contributed by atoms with Gasteiger partial charge in [0.2, 0.25) is 23.6 Å². The molecule has 0 radical (unpaired) electrons. The molecule has 0 saturated heterocycles. The van der Waals surface area contributed by atoms with Crippen LogP contribution in [-0.4, -0.2) is 98.0 Å². The largest absolute Gasteiger partial charge is 0.461 e. The minimum Gasteiger partial charge on any atom is -0.461 e. The van der Waals surface area contributed by atoms with E-state index in [-0.39, 0.29) is 70.4 Å². The van der Waals surface area contributed by atoms with Crippen molar-refractivity contribution in [1.29, 1.82) is 0 Å². The molecule has 1 aromatic carbocycles. The lowest BCUT2D eigenvalue weighted by Gasteiger charge is -2.25. The topological polar surface area (TPSA) is 278 Å². The van der Waals surface area contributed by atoms with Crippen LogP contribution in [0.2, 0.25) is 0 Å². The highest BCUT2D eigenvalue weighted by molar-refractivity contribution is 7.85. The number of primary amides is 1. The van der Waals surface area contributed by atoms with Crippen molar-refractivity contribution in [2.24, 2.45) is 17.6 Å². The predicted octanol–water partition coefficient (Wildman–Crippen LogP) is 0.547. The Morgan fingerprint density at radius 1 is 0.846 bits per heavy atom. The molecule has 18 nitrogen and oxygen atoms in total. The third-order valence-corrected chi connectivity index (χ3v) is 8.09. The van der Waals surface area contributed by atoms with Crippen LogP contribution in [-0.2, 0) is 55.0 Å². The van der Waals surface area contributed by atoms with Crippen molar-refractivity contribution in [3.05, 3.63) is 29.8 Å². The standard InChI is InChI=1S/C33H52N6O12S/c1-6-26(40)25(19-52(47,48)49)37-27(41)13-16-50-17-14-28(42)39-29(20(2)3)31(44)38-24(8-7-15-35-33(34)46)30(43)36-23-11-9-22(10-12-23)18-51-32(45)21(4)5/h9-12,20-21,24-25,29H,6-8,13-19H2,1-5H3,(H,36,43)(H,37,41)(H,38,44)(H,39,42)(H3,34,35,46)(H,47,48,49)/t24-,25-,29-/m0/s1. The van der Waals surface area contributed by atoms with Gasteiger partial charge >= 0.3 is 12.0 Å². The molecule has 3 atom stereocenters. The summed E-state index contributed by atoms with van der Waals surface area (Å²) in [6.07, 6.45) is -0.101. The van der Waals surface area contributed by atoms with Gasteiger partial charge in [-0.15, -0.1) is 0 Å². The zero-order valence-corrected chi connectivity index (χ0v) is 31.0. The Bertz CT molecular complexity index is 1480. The number of urea groups is 1. The lowest BCUT2D eigenvalue weighted by atomic mass is 10.0. The summed E-state index contributed by atoms with van der Waals surface area (Å²) in [5.41, 5.74) is 6.24. The summed E-state index contributed by atoms with van der Waals surface area (Å²) in [7, 11) is -4.51. The fourth-order valence-electron chi connectivity index (χ4n) is 4.43. The Morgan fingerprint density at radius 3 is 1.96 bits per heavy atom. The monoisotopic (exact) mass is 756 g/mol. The van der Waals surface area contributed by atoms with Crippen LogP contribution in [0.5, 0.6) is 0 Å². The van der Waals surface area contributed by atoms with Crippen molar-refractivity contribution in [3.8, 4) is 0 Å². The molecule has 292 valence electrons. The van der Waals surface area contributed by atoms with E-state index in [4.69, 9.17) is 19.8 Å². The number of carbonyl (C=O) groups is 7. The molecule has 0 spiro atoms. The van der Waals surface area contributed by atoms with Crippen LogP contribution in [0.25, 0.3) is 0 Å². The van der Waals surface area contributed by atoms with E-state index in [1.54, 1.807) is 52.0 Å². The van der Waals surface area contributed by atoms with Crippen LogP contribution in [0, 0.1) is 11.8 Å². The smallest absolute Gasteiger partial charge is 0.312 e. The Hall–Kier alpha value is -4.62. The number of rotatable bonds is 24. The maximum absolute atomic E-state index is 13.4. The summed E-state index contributed by atoms with van der Waals surface area (Å²) in [5, 5.41) is 12.7. The normalized spacial score (nSPS) is 13.0. The summed E-state index contributed by atoms with van der Waals surface area (Å²) >= 11 is 0. The molecule has 1 rings (SSSR count). The van der Waals surface area contributed by atoms with Crippen LogP contribution in [0.4, 0.5) is 10.5 Å². The first-order chi connectivity index (χ1) is 24.3. The molecule has 0 saturated carbocycles. The van der Waals surface area contributed by atoms with Crippen LogP contribution >= 0.6 is 0 Å². The number of hydrogen-bond donors (Lipinski definition) is 7. The van der Waals surface area contributed by atoms with E-state index in [1.165, 1.54) is 6.92 Å². The van der Waals surface area contributed by atoms with Gasteiger partial charge in [-0.1, -0.05) is 46.8 Å². The van der Waals surface area contributed by atoms with E-state index >= 15 is 0 Å². The highest BCUT2D eigenvalue weighted by atomic mass is 32.2. The Morgan fingerprint density at radius 2 is 1.44 bits per heavy atom. The van der Waals surface area contributed by atoms with Crippen LogP contribution in [0.1, 0.15) is 72.3 Å². The van der Waals surface area contributed by atoms with E-state index in [9.17, 15) is 42.0 Å². The summed E-state index contributed by atoms with van der Waals surface area (Å²) in [4.78, 5) is 86.3. The number of Topliss-reactive ketones (excluding diaryl/α,β-unsaturated/α-hetero) is 1. The molecular formula is C33H52N6O12S. The number of ether oxygens (including phenoxy) is 2. The predicted molar refractivity (Wildman–Crippen MR) is 189 cm³/mol. The second-order valence-electron chi connectivity index (χ2n) is 12.5. The molecule has 0 fully saturated rings. The molecule has 0 unspecified atom stereocenters. The highest BCUT2D eigenvalue weighted by Gasteiger charge is 2.29. The molecular weight excluding hydrogens is 704 g/mol. The maximum Gasteiger partial charge on any atom is 0.312 e. The number of amides is 6. The molecule has 52 heavy (non-hydrogen) atoms. The van der Waals surface area contributed by atoms with Crippen molar-refractivity contribution in [2.45, 2.75) is 91.5 Å². The van der Waals surface area contributed by atoms with Crippen LogP contribution < -0.4 is 32.3 Å². The van der Waals surface area contributed by atoms with Crippen molar-refractivity contribution >= 4 is 57.2 Å². The van der Waals surface area contributed by atoms with Crippen LogP contribution in [0.15, 0.2) is 24.3 Å². The molecule has 0 aliphatic rings. The van der Waals surface area contributed by atoms with Crippen molar-refractivity contribution in [2.75, 3.05) is 30.8 Å². The fraction of sp³-hybridized carbons (Fsp3) is 0.606. The molecule has 0 aromatic heterocycles. The summed E-state index contributed by atoms with van der Waals surface area (Å²) in [5.74, 6) is -4.97. The SMILES string of the molecule is CCC(=O)[C@H](CS(=O)(=O)O)NC(=O)CCOCCC(=O)N[C@H](C(=O)N[C@@H](CCCNC(N)=O)C(=O)Nc1ccc(COC(=O)C(C)C)cc1)C(C)C. The zero-order valence-electron chi connectivity index (χ0n) is 30.2. The van der Waals surface area contributed by atoms with Gasteiger partial charge in [-0.3, -0.25) is 33.3 Å². The van der Waals surface area contributed by atoms with Crippen molar-refractivity contribution in [1.82, 2.24) is 21.3 Å². The minimum absolute atomic E-state index is 0.0565. The number of carbonyl (C=O) groups excluding carboxylic acids is 7. The third-order valence-electron chi connectivity index (χ3n) is 7.34. The molecule has 19 heteroatoms. The summed E-state index contributed by atoms with van der Waals surface area (Å²) in [6, 6.07) is 2.33. The van der Waals surface area contributed by atoms with Gasteiger partial charge in [0, 0.05) is 31.5 Å². The maximum atomic E-state index is 13.4. The average Bonchev–Trinajstić information content (AvgIpc) is 3.06. The van der Waals surface area contributed by atoms with Crippen molar-refractivity contribution in [3.63, 3.8) is 0 Å². The molecule has 8 N–H and O–H groups in total. The van der Waals surface area contributed by atoms with E-state index in [0.29, 0.717) is 11.3 Å². The quantitative estimate of drug-likeness (QED) is 0.0433. The minimum atomic E-state index is -4.51. The second kappa shape index (κ2) is 23.0. The number of ketones is 1. The first-order valence-corrected chi connectivity index (χ1v) is 18.5. The van der Waals surface area contributed by atoms with E-state index in [0.717, 1.165) is 0 Å². The number of benzene rings is 1. The lowest BCUT2D eigenvalue weighted by Crippen LogP contribution is -2.54. The van der Waals surface area contributed by atoms with Crippen molar-refractivity contribution < 1.29 is 56.0 Å². The van der Waals surface area contributed by atoms with E-state index in [1.807, 2.05) is 0 Å². The van der Waals surface area contributed by atoms with E-state index in [2.05, 4.69) is 26.6 Å². The number of esters is 1. The molecule has 0 bridgehead atoms. The Labute approximate surface area is 303 Å². The number of hydrogen-bond acceptors (Lipinski definition) is 11. The Balaban J connectivity index is 2.76. The summed E-state index contributed by atoms with van der Waals surface area (Å²) in [6.45, 7) is 8.23. The Kier molecular flexibility index (Phi) is 20.1. The van der Waals surface area contributed by atoms with Gasteiger partial charge < -0.3 is 41.8 Å². The van der Waals surface area contributed by atoms with Gasteiger partial charge in [0.1, 0.15) is 30.5 Å². The van der Waals surface area contributed by atoms with Gasteiger partial charge in [-0.05, 0) is 36.5 Å². The molecule has 0 heterocycles. The zero-order chi connectivity index (χ0) is 39.4. The molecule has 6 amide bonds. The first kappa shape index (κ1) is 45.4. The number of nitrogens with one attached hydrogen (secondary N) is 5. The molecule has 1 aromatic rings. The highest BCUT2D eigenvalue weighted by Crippen LogP contribution is 2.13. The first-order valence-electron chi connectivity index (χ1n) is 16.9. The average molecular weight is 757 g/mol. The van der Waals surface area contributed by atoms with Gasteiger partial charge in [0.25, 0.3) is 10.1 Å². The van der Waals surface area contributed by atoms with Gasteiger partial charge in [-0.2, -0.15) is 8.42 Å². The second-order valence-corrected chi connectivity index (χ2v) is 14.0.